The molecule has 1 aliphatic rings. The molecule has 0 aliphatic carbocycles. The first kappa shape index (κ1) is 19.2. The lowest BCUT2D eigenvalue weighted by molar-refractivity contribution is -0.384. The van der Waals surface area contributed by atoms with Gasteiger partial charge >= 0.3 is 11.8 Å². The molecule has 0 N–H and O–H groups in total. The van der Waals surface area contributed by atoms with Crippen LogP contribution in [0, 0.1) is 10.1 Å². The summed E-state index contributed by atoms with van der Waals surface area (Å²) in [6, 6.07) is 3.93. The third-order valence-corrected chi connectivity index (χ3v) is 4.36. The zero-order chi connectivity index (χ0) is 18.9. The van der Waals surface area contributed by atoms with Crippen LogP contribution in [0.25, 0.3) is 0 Å². The molecular formula is C16H20BrN3O5. The highest BCUT2D eigenvalue weighted by Gasteiger charge is 2.39. The molecule has 0 aromatic heterocycles. The Kier molecular flexibility index (Phi) is 5.36. The van der Waals surface area contributed by atoms with E-state index in [4.69, 9.17) is 4.74 Å². The maximum absolute atomic E-state index is 12.7. The molecule has 1 aliphatic heterocycles. The van der Waals surface area contributed by atoms with Gasteiger partial charge in [-0.05, 0) is 55.8 Å². The molecule has 25 heavy (non-hydrogen) atoms. The highest BCUT2D eigenvalue weighted by atomic mass is 79.9. The summed E-state index contributed by atoms with van der Waals surface area (Å²) < 4.78 is 5.61. The largest absolute Gasteiger partial charge is 0.444 e. The number of carbonyl (C=O) groups excluding carboxylic acids is 2. The second-order valence-corrected chi connectivity index (χ2v) is 7.56. The molecule has 0 radical (unpaired) electrons. The molecule has 1 heterocycles. The molecule has 1 atom stereocenters. The molecular weight excluding hydrogens is 394 g/mol. The summed E-state index contributed by atoms with van der Waals surface area (Å²) in [6.45, 7) is 7.21. The van der Waals surface area contributed by atoms with Crippen molar-refractivity contribution in [3.8, 4) is 0 Å². The first-order chi connectivity index (χ1) is 11.5. The van der Waals surface area contributed by atoms with E-state index in [0.717, 1.165) is 0 Å². The number of para-hydroxylation sites is 1. The fourth-order valence-electron chi connectivity index (χ4n) is 2.58. The normalized spacial score (nSPS) is 18.3. The number of hydrogen-bond donors (Lipinski definition) is 0. The van der Waals surface area contributed by atoms with Crippen molar-refractivity contribution in [2.45, 2.75) is 39.3 Å². The number of rotatable bonds is 2. The van der Waals surface area contributed by atoms with Gasteiger partial charge in [0.2, 0.25) is 5.91 Å². The molecule has 2 rings (SSSR count). The summed E-state index contributed by atoms with van der Waals surface area (Å²) in [5.74, 6) is -0.390. The smallest absolute Gasteiger partial charge is 0.411 e. The number of benzene rings is 1. The molecule has 0 saturated carbocycles. The molecule has 1 saturated heterocycles. The summed E-state index contributed by atoms with van der Waals surface area (Å²) >= 11 is 3.15. The maximum Gasteiger partial charge on any atom is 0.411 e. The number of ether oxygens (including phenoxy) is 1. The van der Waals surface area contributed by atoms with Gasteiger partial charge in [0.15, 0.2) is 0 Å². The summed E-state index contributed by atoms with van der Waals surface area (Å²) in [5, 5.41) is 11.4. The van der Waals surface area contributed by atoms with E-state index in [2.05, 4.69) is 15.9 Å². The molecule has 0 bridgehead atoms. The summed E-state index contributed by atoms with van der Waals surface area (Å²) in [4.78, 5) is 38.5. The molecule has 1 unspecified atom stereocenters. The van der Waals surface area contributed by atoms with E-state index in [1.165, 1.54) is 15.9 Å². The van der Waals surface area contributed by atoms with Crippen molar-refractivity contribution in [1.29, 1.82) is 0 Å². The van der Waals surface area contributed by atoms with Crippen LogP contribution in [0.2, 0.25) is 0 Å². The quantitative estimate of drug-likeness (QED) is 0.547. The summed E-state index contributed by atoms with van der Waals surface area (Å²) in [6.07, 6.45) is -0.572. The van der Waals surface area contributed by atoms with Gasteiger partial charge in [-0.1, -0.05) is 6.07 Å². The minimum atomic E-state index is -0.776. The van der Waals surface area contributed by atoms with Gasteiger partial charge in [-0.15, -0.1) is 0 Å². The summed E-state index contributed by atoms with van der Waals surface area (Å²) in [7, 11) is 0. The Labute approximate surface area is 154 Å². The van der Waals surface area contributed by atoms with Gasteiger partial charge in [0.1, 0.15) is 17.3 Å². The molecule has 8 nitrogen and oxygen atoms in total. The molecule has 136 valence electrons. The third kappa shape index (κ3) is 4.09. The summed E-state index contributed by atoms with van der Waals surface area (Å²) in [5.41, 5.74) is -0.631. The van der Waals surface area contributed by atoms with Crippen LogP contribution in [-0.4, -0.2) is 46.6 Å². The van der Waals surface area contributed by atoms with Crippen molar-refractivity contribution in [2.24, 2.45) is 0 Å². The van der Waals surface area contributed by atoms with Crippen LogP contribution in [0.15, 0.2) is 22.7 Å². The van der Waals surface area contributed by atoms with Crippen LogP contribution in [0.3, 0.4) is 0 Å². The van der Waals surface area contributed by atoms with E-state index >= 15 is 0 Å². The highest BCUT2D eigenvalue weighted by Crippen LogP contribution is 2.36. The Balaban J connectivity index is 2.27. The lowest BCUT2D eigenvalue weighted by Gasteiger charge is -2.39. The molecule has 0 spiro atoms. The van der Waals surface area contributed by atoms with Gasteiger partial charge in [-0.3, -0.25) is 19.8 Å². The Morgan fingerprint density at radius 1 is 1.36 bits per heavy atom. The van der Waals surface area contributed by atoms with Gasteiger partial charge in [0, 0.05) is 13.1 Å². The molecule has 2 amide bonds. The molecule has 1 fully saturated rings. The Hall–Kier alpha value is -2.16. The van der Waals surface area contributed by atoms with E-state index in [1.807, 2.05) is 0 Å². The van der Waals surface area contributed by atoms with Gasteiger partial charge in [0.05, 0.1) is 9.40 Å². The van der Waals surface area contributed by atoms with E-state index in [-0.39, 0.29) is 24.5 Å². The zero-order valence-corrected chi connectivity index (χ0v) is 16.1. The number of nitro benzene ring substituents is 1. The van der Waals surface area contributed by atoms with Gasteiger partial charge in [-0.2, -0.15) is 0 Å². The minimum Gasteiger partial charge on any atom is -0.444 e. The van der Waals surface area contributed by atoms with Crippen molar-refractivity contribution in [3.05, 3.63) is 32.8 Å². The number of piperazine rings is 1. The number of nitro groups is 1. The average molecular weight is 414 g/mol. The second kappa shape index (κ2) is 6.99. The van der Waals surface area contributed by atoms with Crippen LogP contribution in [0.4, 0.5) is 16.2 Å². The number of hydrogen-bond acceptors (Lipinski definition) is 5. The first-order valence-electron chi connectivity index (χ1n) is 7.77. The number of carbonyl (C=O) groups is 2. The standard InChI is InChI=1S/C16H20BrN3O5/c1-10-14(21)19(9-8-18(10)15(22)25-16(2,3)4)12-7-5-6-11(17)13(12)20(23)24/h5-7,10H,8-9H2,1-4H3. The van der Waals surface area contributed by atoms with Gasteiger partial charge in [0.25, 0.3) is 0 Å². The molecule has 1 aromatic rings. The van der Waals surface area contributed by atoms with Crippen LogP contribution in [0.5, 0.6) is 0 Å². The van der Waals surface area contributed by atoms with Crippen molar-refractivity contribution in [1.82, 2.24) is 4.90 Å². The highest BCUT2D eigenvalue weighted by molar-refractivity contribution is 9.10. The van der Waals surface area contributed by atoms with Crippen molar-refractivity contribution in [3.63, 3.8) is 0 Å². The number of amides is 2. The second-order valence-electron chi connectivity index (χ2n) is 6.70. The van der Waals surface area contributed by atoms with E-state index in [9.17, 15) is 19.7 Å². The van der Waals surface area contributed by atoms with Crippen LogP contribution in [0.1, 0.15) is 27.7 Å². The average Bonchev–Trinajstić information content (AvgIpc) is 2.47. The van der Waals surface area contributed by atoms with Crippen molar-refractivity contribution in [2.75, 3.05) is 18.0 Å². The number of nitrogens with zero attached hydrogens (tertiary/aromatic N) is 3. The lowest BCUT2D eigenvalue weighted by atomic mass is 10.1. The van der Waals surface area contributed by atoms with E-state index in [1.54, 1.807) is 39.8 Å². The molecule has 9 heteroatoms. The predicted octanol–water partition coefficient (Wildman–Crippen LogP) is 3.33. The Morgan fingerprint density at radius 3 is 2.56 bits per heavy atom. The monoisotopic (exact) mass is 413 g/mol. The predicted molar refractivity (Wildman–Crippen MR) is 95.6 cm³/mol. The van der Waals surface area contributed by atoms with Crippen molar-refractivity contribution < 1.29 is 19.2 Å². The Morgan fingerprint density at radius 2 is 2.00 bits per heavy atom. The van der Waals surface area contributed by atoms with Crippen molar-refractivity contribution >= 4 is 39.3 Å². The van der Waals surface area contributed by atoms with Gasteiger partial charge < -0.3 is 9.64 Å². The first-order valence-corrected chi connectivity index (χ1v) is 8.56. The minimum absolute atomic E-state index is 0.152. The Bertz CT molecular complexity index is 716. The number of halogens is 1. The maximum atomic E-state index is 12.7. The van der Waals surface area contributed by atoms with Gasteiger partial charge in [-0.25, -0.2) is 4.79 Å². The molecule has 1 aromatic carbocycles. The van der Waals surface area contributed by atoms with E-state index < -0.39 is 28.6 Å². The number of anilines is 1. The topological polar surface area (TPSA) is 93.0 Å². The van der Waals surface area contributed by atoms with Crippen LogP contribution >= 0.6 is 15.9 Å². The van der Waals surface area contributed by atoms with Crippen LogP contribution < -0.4 is 4.90 Å². The SMILES string of the molecule is CC1C(=O)N(c2cccc(Br)c2[N+](=O)[O-])CCN1C(=O)OC(C)(C)C. The van der Waals surface area contributed by atoms with E-state index in [0.29, 0.717) is 4.47 Å². The lowest BCUT2D eigenvalue weighted by Crippen LogP contribution is -2.58. The fourth-order valence-corrected chi connectivity index (χ4v) is 3.08. The third-order valence-electron chi connectivity index (χ3n) is 3.72. The zero-order valence-electron chi connectivity index (χ0n) is 14.5. The van der Waals surface area contributed by atoms with Crippen LogP contribution in [-0.2, 0) is 9.53 Å². The fraction of sp³-hybridized carbons (Fsp3) is 0.500.